The second-order valence-electron chi connectivity index (χ2n) is 6.79. The highest BCUT2D eigenvalue weighted by Crippen LogP contribution is 2.33. The van der Waals surface area contributed by atoms with Crippen molar-refractivity contribution in [2.45, 2.75) is 19.8 Å². The normalized spacial score (nSPS) is 10.4. The molecular weight excluding hydrogens is 516 g/mol. The van der Waals surface area contributed by atoms with Gasteiger partial charge in [-0.2, -0.15) is 8.78 Å². The minimum atomic E-state index is -2.96. The molecule has 0 spiro atoms. The van der Waals surface area contributed by atoms with E-state index in [1.54, 1.807) is 37.5 Å². The van der Waals surface area contributed by atoms with E-state index in [2.05, 4.69) is 30.2 Å². The molecule has 9 nitrogen and oxygen atoms in total. The minimum Gasteiger partial charge on any atom is -0.462 e. The van der Waals surface area contributed by atoms with Crippen molar-refractivity contribution in [3.8, 4) is 22.1 Å². The Balaban J connectivity index is 0.000000205. The number of aliphatic hydroxyl groups is 1. The lowest BCUT2D eigenvalue weighted by atomic mass is 10.0. The van der Waals surface area contributed by atoms with Gasteiger partial charge in [-0.05, 0) is 41.2 Å². The van der Waals surface area contributed by atoms with Crippen LogP contribution in [0.5, 0.6) is 10.9 Å². The van der Waals surface area contributed by atoms with Crippen molar-refractivity contribution in [2.24, 2.45) is 0 Å². The van der Waals surface area contributed by atoms with Gasteiger partial charge in [-0.15, -0.1) is 5.10 Å². The summed E-state index contributed by atoms with van der Waals surface area (Å²) in [7, 11) is 1.78. The summed E-state index contributed by atoms with van der Waals surface area (Å²) >= 11 is 7.06. The summed E-state index contributed by atoms with van der Waals surface area (Å²) in [5.41, 5.74) is 2.08. The molecule has 4 rings (SSSR count). The predicted molar refractivity (Wildman–Crippen MR) is 131 cm³/mol. The topological polar surface area (TPSA) is 119 Å². The third-order valence-corrected chi connectivity index (χ3v) is 5.50. The molecule has 0 aliphatic rings. The number of aldehydes is 1. The van der Waals surface area contributed by atoms with Gasteiger partial charge in [0.1, 0.15) is 12.4 Å². The number of aliphatic hydroxyl groups excluding tert-OH is 1. The van der Waals surface area contributed by atoms with Crippen LogP contribution in [0.15, 0.2) is 54.9 Å². The number of alkyl halides is 2. The van der Waals surface area contributed by atoms with Gasteiger partial charge in [-0.25, -0.2) is 0 Å². The van der Waals surface area contributed by atoms with E-state index >= 15 is 0 Å². The SMILES string of the molecule is CNc1nnc(OCc2ccc(Cl)cn2)s1.O=Cc1cnc(CO)cc1-c1ccccc1OC(F)F. The van der Waals surface area contributed by atoms with Crippen LogP contribution in [-0.2, 0) is 13.2 Å². The van der Waals surface area contributed by atoms with Crippen LogP contribution in [0.4, 0.5) is 13.9 Å². The van der Waals surface area contributed by atoms with E-state index in [-0.39, 0.29) is 17.9 Å². The number of hydrogen-bond donors (Lipinski definition) is 2. The molecule has 0 aliphatic carbocycles. The van der Waals surface area contributed by atoms with Crippen LogP contribution in [0.3, 0.4) is 0 Å². The number of benzene rings is 1. The standard InChI is InChI=1S/C14H11F2NO3.C9H9ClN4OS/c15-14(16)20-13-4-2-1-3-11(13)12-5-10(8-19)17-6-9(12)7-18;1-11-8-13-14-9(16-8)15-5-7-3-2-6(10)4-12-7/h1-7,14,19H,8H2;2-4H,5H2,1H3,(H,11,13). The first-order chi connectivity index (χ1) is 17.4. The van der Waals surface area contributed by atoms with Crippen LogP contribution in [0.1, 0.15) is 21.7 Å². The van der Waals surface area contributed by atoms with Crippen molar-refractivity contribution in [3.05, 3.63) is 76.8 Å². The number of halogens is 3. The summed E-state index contributed by atoms with van der Waals surface area (Å²) in [4.78, 5) is 19.0. The Morgan fingerprint density at radius 2 is 1.89 bits per heavy atom. The van der Waals surface area contributed by atoms with Gasteiger partial charge < -0.3 is 19.9 Å². The molecule has 4 aromatic rings. The summed E-state index contributed by atoms with van der Waals surface area (Å²) in [6, 6.07) is 11.2. The van der Waals surface area contributed by atoms with Gasteiger partial charge in [0.2, 0.25) is 5.13 Å². The maximum absolute atomic E-state index is 12.4. The summed E-state index contributed by atoms with van der Waals surface area (Å²) in [6.07, 6.45) is 3.44. The lowest BCUT2D eigenvalue weighted by molar-refractivity contribution is -0.0494. The average molecular weight is 536 g/mol. The largest absolute Gasteiger partial charge is 0.462 e. The van der Waals surface area contributed by atoms with E-state index in [1.165, 1.54) is 29.7 Å². The molecule has 0 amide bonds. The van der Waals surface area contributed by atoms with E-state index in [0.717, 1.165) is 10.8 Å². The number of pyridine rings is 2. The maximum atomic E-state index is 12.4. The van der Waals surface area contributed by atoms with Gasteiger partial charge in [0, 0.05) is 30.6 Å². The van der Waals surface area contributed by atoms with Crippen LogP contribution in [-0.4, -0.2) is 45.2 Å². The first kappa shape index (κ1) is 26.9. The molecule has 0 unspecified atom stereocenters. The first-order valence-electron chi connectivity index (χ1n) is 10.3. The van der Waals surface area contributed by atoms with Crippen molar-refractivity contribution < 1.29 is 28.2 Å². The van der Waals surface area contributed by atoms with Crippen LogP contribution in [0.2, 0.25) is 5.02 Å². The highest BCUT2D eigenvalue weighted by atomic mass is 35.5. The summed E-state index contributed by atoms with van der Waals surface area (Å²) in [5.74, 6) is -0.0410. The van der Waals surface area contributed by atoms with Gasteiger partial charge in [0.25, 0.3) is 5.19 Å². The van der Waals surface area contributed by atoms with Gasteiger partial charge >= 0.3 is 6.61 Å². The fourth-order valence-electron chi connectivity index (χ4n) is 2.81. The summed E-state index contributed by atoms with van der Waals surface area (Å²) in [5, 5.41) is 21.5. The van der Waals surface area contributed by atoms with Crippen LogP contribution < -0.4 is 14.8 Å². The smallest absolute Gasteiger partial charge is 0.387 e. The van der Waals surface area contributed by atoms with E-state index in [4.69, 9.17) is 21.4 Å². The fourth-order valence-corrected chi connectivity index (χ4v) is 3.47. The van der Waals surface area contributed by atoms with Crippen LogP contribution in [0, 0.1) is 0 Å². The molecule has 2 N–H and O–H groups in total. The highest BCUT2D eigenvalue weighted by molar-refractivity contribution is 7.16. The number of carbonyl (C=O) groups excluding carboxylic acids is 1. The number of nitrogens with one attached hydrogen (secondary N) is 1. The van der Waals surface area contributed by atoms with Gasteiger partial charge in [-0.1, -0.05) is 34.9 Å². The molecule has 0 saturated carbocycles. The Labute approximate surface area is 213 Å². The third-order valence-electron chi connectivity index (χ3n) is 4.43. The first-order valence-corrected chi connectivity index (χ1v) is 11.5. The zero-order valence-corrected chi connectivity index (χ0v) is 20.3. The molecule has 0 saturated heterocycles. The molecule has 3 heterocycles. The Bertz CT molecular complexity index is 1280. The quantitative estimate of drug-likeness (QED) is 0.289. The van der Waals surface area contributed by atoms with Crippen molar-refractivity contribution >= 4 is 34.4 Å². The van der Waals surface area contributed by atoms with Crippen LogP contribution >= 0.6 is 22.9 Å². The molecule has 0 fully saturated rings. The highest BCUT2D eigenvalue weighted by Gasteiger charge is 2.14. The number of hydrogen-bond acceptors (Lipinski definition) is 10. The zero-order valence-electron chi connectivity index (χ0n) is 18.8. The van der Waals surface area contributed by atoms with E-state index in [0.29, 0.717) is 39.9 Å². The van der Waals surface area contributed by atoms with Crippen molar-refractivity contribution in [1.82, 2.24) is 20.2 Å². The lowest BCUT2D eigenvalue weighted by Gasteiger charge is -2.12. The minimum absolute atomic E-state index is 0.0410. The second kappa shape index (κ2) is 13.4. The number of carbonyl (C=O) groups is 1. The maximum Gasteiger partial charge on any atom is 0.387 e. The summed E-state index contributed by atoms with van der Waals surface area (Å²) < 4.78 is 34.7. The van der Waals surface area contributed by atoms with E-state index in [1.807, 2.05) is 6.07 Å². The van der Waals surface area contributed by atoms with E-state index in [9.17, 15) is 13.6 Å². The molecule has 3 aromatic heterocycles. The molecule has 0 bridgehead atoms. The number of nitrogens with zero attached hydrogens (tertiary/aromatic N) is 4. The number of anilines is 1. The molecule has 13 heteroatoms. The van der Waals surface area contributed by atoms with Gasteiger partial charge in [0.15, 0.2) is 6.29 Å². The number of rotatable bonds is 9. The number of aromatic nitrogens is 4. The predicted octanol–water partition coefficient (Wildman–Crippen LogP) is 4.86. The summed E-state index contributed by atoms with van der Waals surface area (Å²) in [6.45, 7) is -2.92. The zero-order chi connectivity index (χ0) is 25.9. The number of ether oxygens (including phenoxy) is 2. The lowest BCUT2D eigenvalue weighted by Crippen LogP contribution is -2.04. The van der Waals surface area contributed by atoms with Crippen molar-refractivity contribution in [1.29, 1.82) is 0 Å². The molecule has 0 atom stereocenters. The Morgan fingerprint density at radius 1 is 1.11 bits per heavy atom. The molecule has 188 valence electrons. The molecule has 1 aromatic carbocycles. The van der Waals surface area contributed by atoms with Crippen molar-refractivity contribution in [2.75, 3.05) is 12.4 Å². The monoisotopic (exact) mass is 535 g/mol. The van der Waals surface area contributed by atoms with Gasteiger partial charge in [0.05, 0.1) is 23.0 Å². The van der Waals surface area contributed by atoms with Crippen LogP contribution in [0.25, 0.3) is 11.1 Å². The van der Waals surface area contributed by atoms with Gasteiger partial charge in [-0.3, -0.25) is 14.8 Å². The second-order valence-corrected chi connectivity index (χ2v) is 8.17. The molecule has 0 radical (unpaired) electrons. The molecule has 0 aliphatic heterocycles. The Morgan fingerprint density at radius 3 is 2.53 bits per heavy atom. The molecule has 36 heavy (non-hydrogen) atoms. The number of para-hydroxylation sites is 1. The van der Waals surface area contributed by atoms with Crippen molar-refractivity contribution in [3.63, 3.8) is 0 Å². The van der Waals surface area contributed by atoms with E-state index < -0.39 is 6.61 Å². The fraction of sp³-hybridized carbons (Fsp3) is 0.174. The Hall–Kier alpha value is -3.74. The molecular formula is C23H20ClF2N5O4S. The Kier molecular flexibility index (Phi) is 9.98. The average Bonchev–Trinajstić information content (AvgIpc) is 3.36. The third kappa shape index (κ3) is 7.63.